The van der Waals surface area contributed by atoms with Gasteiger partial charge in [0, 0.05) is 29.6 Å². The third-order valence-corrected chi connectivity index (χ3v) is 4.39. The summed E-state index contributed by atoms with van der Waals surface area (Å²) in [5, 5.41) is 2.88. The molecule has 0 spiro atoms. The van der Waals surface area contributed by atoms with Crippen LogP contribution < -0.4 is 0 Å². The van der Waals surface area contributed by atoms with Crippen molar-refractivity contribution >= 4 is 23.3 Å². The molecule has 0 aliphatic heterocycles. The minimum absolute atomic E-state index is 0.0867. The molecule has 0 saturated heterocycles. The SMILES string of the molecule is Cc1nc(C=CC(=O)N(Cc2ccccc2F)C2CC2)cs1. The molecular formula is C17H17FN2OS. The molecule has 2 aromatic rings. The Morgan fingerprint density at radius 2 is 2.23 bits per heavy atom. The van der Waals surface area contributed by atoms with Gasteiger partial charge in [0.2, 0.25) is 5.91 Å². The maximum absolute atomic E-state index is 13.8. The van der Waals surface area contributed by atoms with Crippen LogP contribution in [-0.2, 0) is 11.3 Å². The summed E-state index contributed by atoms with van der Waals surface area (Å²) >= 11 is 1.55. The molecule has 1 heterocycles. The highest BCUT2D eigenvalue weighted by atomic mass is 32.1. The molecule has 3 nitrogen and oxygen atoms in total. The van der Waals surface area contributed by atoms with Gasteiger partial charge >= 0.3 is 0 Å². The summed E-state index contributed by atoms with van der Waals surface area (Å²) in [5.74, 6) is -0.350. The van der Waals surface area contributed by atoms with E-state index in [9.17, 15) is 9.18 Å². The number of carbonyl (C=O) groups excluding carboxylic acids is 1. The molecule has 114 valence electrons. The summed E-state index contributed by atoms with van der Waals surface area (Å²) in [7, 11) is 0. The van der Waals surface area contributed by atoms with E-state index in [1.807, 2.05) is 12.3 Å². The average molecular weight is 316 g/mol. The fourth-order valence-electron chi connectivity index (χ4n) is 2.29. The first-order valence-corrected chi connectivity index (χ1v) is 8.15. The lowest BCUT2D eigenvalue weighted by Crippen LogP contribution is -2.31. The lowest BCUT2D eigenvalue weighted by atomic mass is 10.2. The van der Waals surface area contributed by atoms with E-state index in [-0.39, 0.29) is 17.8 Å². The number of hydrogen-bond acceptors (Lipinski definition) is 3. The molecule has 1 aliphatic carbocycles. The number of hydrogen-bond donors (Lipinski definition) is 0. The van der Waals surface area contributed by atoms with E-state index in [0.717, 1.165) is 23.5 Å². The van der Waals surface area contributed by atoms with Crippen LogP contribution in [0.15, 0.2) is 35.7 Å². The number of aryl methyl sites for hydroxylation is 1. The van der Waals surface area contributed by atoms with Crippen LogP contribution in [0.25, 0.3) is 6.08 Å². The first-order valence-electron chi connectivity index (χ1n) is 7.27. The van der Waals surface area contributed by atoms with E-state index < -0.39 is 0 Å². The summed E-state index contributed by atoms with van der Waals surface area (Å²) in [6.07, 6.45) is 5.24. The molecule has 1 aromatic carbocycles. The standard InChI is InChI=1S/C17H17FN2OS/c1-12-19-14(11-22-12)6-9-17(21)20(15-7-8-15)10-13-4-2-3-5-16(13)18/h2-6,9,11,15H,7-8,10H2,1H3. The number of rotatable bonds is 5. The monoisotopic (exact) mass is 316 g/mol. The second kappa shape index (κ2) is 6.40. The molecule has 0 bridgehead atoms. The maximum atomic E-state index is 13.8. The zero-order chi connectivity index (χ0) is 15.5. The predicted octanol–water partition coefficient (Wildman–Crippen LogP) is 3.80. The maximum Gasteiger partial charge on any atom is 0.247 e. The fraction of sp³-hybridized carbons (Fsp3) is 0.294. The average Bonchev–Trinajstić information content (AvgIpc) is 3.26. The van der Waals surface area contributed by atoms with E-state index in [4.69, 9.17) is 0 Å². The number of amides is 1. The van der Waals surface area contributed by atoms with Crippen LogP contribution in [0.3, 0.4) is 0 Å². The Labute approximate surface area is 133 Å². The fourth-order valence-corrected chi connectivity index (χ4v) is 2.87. The Morgan fingerprint density at radius 1 is 1.45 bits per heavy atom. The van der Waals surface area contributed by atoms with Gasteiger partial charge in [-0.15, -0.1) is 11.3 Å². The molecule has 1 saturated carbocycles. The number of thiazole rings is 1. The Bertz CT molecular complexity index is 706. The predicted molar refractivity (Wildman–Crippen MR) is 85.9 cm³/mol. The van der Waals surface area contributed by atoms with Crippen molar-refractivity contribution in [3.8, 4) is 0 Å². The molecule has 1 aromatic heterocycles. The van der Waals surface area contributed by atoms with E-state index >= 15 is 0 Å². The molecule has 0 radical (unpaired) electrons. The van der Waals surface area contributed by atoms with Gasteiger partial charge in [0.05, 0.1) is 10.7 Å². The number of carbonyl (C=O) groups is 1. The van der Waals surface area contributed by atoms with Crippen molar-refractivity contribution in [1.29, 1.82) is 0 Å². The Kier molecular flexibility index (Phi) is 4.34. The molecule has 1 aliphatic rings. The third-order valence-electron chi connectivity index (χ3n) is 3.60. The molecule has 0 N–H and O–H groups in total. The van der Waals surface area contributed by atoms with Gasteiger partial charge in [-0.05, 0) is 31.9 Å². The summed E-state index contributed by atoms with van der Waals surface area (Å²) in [5.41, 5.74) is 1.35. The van der Waals surface area contributed by atoms with E-state index in [1.54, 1.807) is 40.5 Å². The summed E-state index contributed by atoms with van der Waals surface area (Å²) in [4.78, 5) is 18.5. The van der Waals surface area contributed by atoms with Crippen LogP contribution in [0.4, 0.5) is 4.39 Å². The van der Waals surface area contributed by atoms with Crippen LogP contribution in [-0.4, -0.2) is 21.8 Å². The van der Waals surface area contributed by atoms with Crippen molar-refractivity contribution in [3.05, 3.63) is 57.8 Å². The van der Waals surface area contributed by atoms with Crippen LogP contribution in [0.2, 0.25) is 0 Å². The van der Waals surface area contributed by atoms with E-state index in [2.05, 4.69) is 4.98 Å². The number of aromatic nitrogens is 1. The van der Waals surface area contributed by atoms with E-state index in [0.29, 0.717) is 12.1 Å². The minimum atomic E-state index is -0.264. The van der Waals surface area contributed by atoms with Gasteiger partial charge in [-0.1, -0.05) is 18.2 Å². The zero-order valence-corrected chi connectivity index (χ0v) is 13.1. The second-order valence-electron chi connectivity index (χ2n) is 5.41. The molecule has 5 heteroatoms. The van der Waals surface area contributed by atoms with Crippen LogP contribution in [0, 0.1) is 12.7 Å². The molecular weight excluding hydrogens is 299 g/mol. The highest BCUT2D eigenvalue weighted by Gasteiger charge is 2.31. The molecule has 0 atom stereocenters. The molecule has 22 heavy (non-hydrogen) atoms. The largest absolute Gasteiger partial charge is 0.332 e. The smallest absolute Gasteiger partial charge is 0.247 e. The number of benzene rings is 1. The van der Waals surface area contributed by atoms with Gasteiger partial charge in [0.1, 0.15) is 5.82 Å². The highest BCUT2D eigenvalue weighted by molar-refractivity contribution is 7.09. The molecule has 1 fully saturated rings. The van der Waals surface area contributed by atoms with E-state index in [1.165, 1.54) is 12.1 Å². The second-order valence-corrected chi connectivity index (χ2v) is 6.48. The van der Waals surface area contributed by atoms with Gasteiger partial charge in [0.25, 0.3) is 0 Å². The Hall–Kier alpha value is -2.01. The van der Waals surface area contributed by atoms with Gasteiger partial charge in [0.15, 0.2) is 0 Å². The normalized spacial score (nSPS) is 14.5. The molecule has 3 rings (SSSR count). The quantitative estimate of drug-likeness (QED) is 0.786. The lowest BCUT2D eigenvalue weighted by molar-refractivity contribution is -0.127. The summed E-state index contributed by atoms with van der Waals surface area (Å²) < 4.78 is 13.8. The highest BCUT2D eigenvalue weighted by Crippen LogP contribution is 2.29. The van der Waals surface area contributed by atoms with Gasteiger partial charge in [-0.2, -0.15) is 0 Å². The molecule has 0 unspecified atom stereocenters. The van der Waals surface area contributed by atoms with Gasteiger partial charge < -0.3 is 4.90 Å². The van der Waals surface area contributed by atoms with Crippen molar-refractivity contribution in [2.75, 3.05) is 0 Å². The minimum Gasteiger partial charge on any atom is -0.332 e. The summed E-state index contributed by atoms with van der Waals surface area (Å²) in [6.45, 7) is 2.25. The van der Waals surface area contributed by atoms with Crippen molar-refractivity contribution in [2.45, 2.75) is 32.4 Å². The topological polar surface area (TPSA) is 33.2 Å². The first kappa shape index (κ1) is 14.9. The zero-order valence-electron chi connectivity index (χ0n) is 12.3. The van der Waals surface area contributed by atoms with Crippen molar-refractivity contribution in [1.82, 2.24) is 9.88 Å². The number of nitrogens with zero attached hydrogens (tertiary/aromatic N) is 2. The Morgan fingerprint density at radius 3 is 2.86 bits per heavy atom. The number of halogens is 1. The van der Waals surface area contributed by atoms with Crippen LogP contribution >= 0.6 is 11.3 Å². The van der Waals surface area contributed by atoms with Crippen molar-refractivity contribution in [2.24, 2.45) is 0 Å². The third kappa shape index (κ3) is 3.60. The Balaban J connectivity index is 1.72. The van der Waals surface area contributed by atoms with Crippen LogP contribution in [0.5, 0.6) is 0 Å². The first-order chi connectivity index (χ1) is 10.6. The summed E-state index contributed by atoms with van der Waals surface area (Å²) in [6, 6.07) is 6.84. The van der Waals surface area contributed by atoms with Gasteiger partial charge in [-0.3, -0.25) is 4.79 Å². The van der Waals surface area contributed by atoms with Crippen molar-refractivity contribution in [3.63, 3.8) is 0 Å². The van der Waals surface area contributed by atoms with Crippen LogP contribution in [0.1, 0.15) is 29.1 Å². The molecule has 1 amide bonds. The van der Waals surface area contributed by atoms with Crippen molar-refractivity contribution < 1.29 is 9.18 Å². The lowest BCUT2D eigenvalue weighted by Gasteiger charge is -2.21. The van der Waals surface area contributed by atoms with Gasteiger partial charge in [-0.25, -0.2) is 9.37 Å².